The molecular weight excluding hydrogens is 308 g/mol. The van der Waals surface area contributed by atoms with Crippen LogP contribution in [0.2, 0.25) is 0 Å². The molecule has 2 unspecified atom stereocenters. The van der Waals surface area contributed by atoms with Gasteiger partial charge in [-0.15, -0.1) is 0 Å². The molecule has 1 aliphatic heterocycles. The van der Waals surface area contributed by atoms with E-state index in [4.69, 9.17) is 5.73 Å². The topological polar surface area (TPSA) is 101 Å². The highest BCUT2D eigenvalue weighted by Crippen LogP contribution is 2.38. The van der Waals surface area contributed by atoms with Crippen LogP contribution in [0, 0.1) is 11.3 Å². The third kappa shape index (κ3) is 2.14. The second-order valence-corrected chi connectivity index (χ2v) is 6.37. The van der Waals surface area contributed by atoms with Crippen LogP contribution in [-0.4, -0.2) is 34.3 Å². The van der Waals surface area contributed by atoms with Gasteiger partial charge in [0, 0.05) is 11.6 Å². The number of nitrogens with zero attached hydrogens (tertiary/aromatic N) is 1. The summed E-state index contributed by atoms with van der Waals surface area (Å²) in [5.41, 5.74) is 6.76. The number of carboxylic acid groups (broad SMARTS) is 1. The van der Waals surface area contributed by atoms with E-state index in [1.165, 1.54) is 0 Å². The first-order chi connectivity index (χ1) is 11.3. The first kappa shape index (κ1) is 16.0. The van der Waals surface area contributed by atoms with E-state index in [1.54, 1.807) is 50.3 Å². The summed E-state index contributed by atoms with van der Waals surface area (Å²) >= 11 is 0. The molecule has 0 aromatic heterocycles. The Morgan fingerprint density at radius 1 is 1.25 bits per heavy atom. The Hall–Kier alpha value is -2.89. The van der Waals surface area contributed by atoms with Crippen molar-refractivity contribution >= 4 is 17.8 Å². The summed E-state index contributed by atoms with van der Waals surface area (Å²) < 4.78 is 0. The standard InChI is InChI=1S/C18H18N2O4/c1-10-14(19)11(7-8-18(10,2)17(23)24)9-20-15(21)12-5-3-4-6-13(12)16(20)22/h3-8,10H,9,19H2,1-2H3,(H,23,24). The van der Waals surface area contributed by atoms with Crippen molar-refractivity contribution in [3.8, 4) is 0 Å². The number of benzene rings is 1. The number of carbonyl (C=O) groups is 3. The number of rotatable bonds is 3. The summed E-state index contributed by atoms with van der Waals surface area (Å²) in [5.74, 6) is -2.12. The van der Waals surface area contributed by atoms with Gasteiger partial charge in [0.25, 0.3) is 11.8 Å². The molecule has 6 nitrogen and oxygen atoms in total. The molecule has 0 radical (unpaired) electrons. The Bertz CT molecular complexity index is 789. The van der Waals surface area contributed by atoms with Crippen molar-refractivity contribution < 1.29 is 19.5 Å². The smallest absolute Gasteiger partial charge is 0.313 e. The molecule has 24 heavy (non-hydrogen) atoms. The lowest BCUT2D eigenvalue weighted by Gasteiger charge is -2.34. The average Bonchev–Trinajstić information content (AvgIpc) is 2.80. The molecule has 3 rings (SSSR count). The van der Waals surface area contributed by atoms with Gasteiger partial charge in [-0.3, -0.25) is 19.3 Å². The minimum atomic E-state index is -1.10. The van der Waals surface area contributed by atoms with Crippen LogP contribution in [-0.2, 0) is 4.79 Å². The highest BCUT2D eigenvalue weighted by Gasteiger charge is 2.42. The van der Waals surface area contributed by atoms with Gasteiger partial charge in [0.15, 0.2) is 0 Å². The fraction of sp³-hybridized carbons (Fsp3) is 0.278. The molecule has 1 aromatic carbocycles. The molecule has 0 spiro atoms. The number of amides is 2. The minimum Gasteiger partial charge on any atom is -0.481 e. The maximum Gasteiger partial charge on any atom is 0.313 e. The lowest BCUT2D eigenvalue weighted by atomic mass is 9.72. The number of fused-ring (bicyclic) bond motifs is 1. The van der Waals surface area contributed by atoms with Crippen molar-refractivity contribution in [3.63, 3.8) is 0 Å². The third-order valence-corrected chi connectivity index (χ3v) is 5.04. The number of carboxylic acids is 1. The van der Waals surface area contributed by atoms with Crippen LogP contribution in [0.25, 0.3) is 0 Å². The Morgan fingerprint density at radius 2 is 1.79 bits per heavy atom. The normalized spacial score (nSPS) is 26.1. The first-order valence-corrected chi connectivity index (χ1v) is 7.63. The van der Waals surface area contributed by atoms with E-state index in [0.29, 0.717) is 22.4 Å². The predicted octanol–water partition coefficient (Wildman–Crippen LogP) is 1.79. The number of hydrogen-bond acceptors (Lipinski definition) is 4. The van der Waals surface area contributed by atoms with Gasteiger partial charge in [0.2, 0.25) is 0 Å². The van der Waals surface area contributed by atoms with E-state index in [2.05, 4.69) is 0 Å². The Morgan fingerprint density at radius 3 is 2.29 bits per heavy atom. The second kappa shape index (κ2) is 5.33. The van der Waals surface area contributed by atoms with Gasteiger partial charge in [-0.05, 0) is 24.6 Å². The van der Waals surface area contributed by atoms with E-state index in [9.17, 15) is 19.5 Å². The SMILES string of the molecule is CC1C(N)=C(CN2C(=O)c3ccccc3C2=O)C=CC1(C)C(=O)O. The molecule has 2 amide bonds. The van der Waals surface area contributed by atoms with Crippen LogP contribution in [0.15, 0.2) is 47.7 Å². The molecule has 0 fully saturated rings. The summed E-state index contributed by atoms with van der Waals surface area (Å²) in [5, 5.41) is 9.41. The zero-order chi connectivity index (χ0) is 17.6. The van der Waals surface area contributed by atoms with Gasteiger partial charge in [-0.25, -0.2) is 0 Å². The molecule has 6 heteroatoms. The summed E-state index contributed by atoms with van der Waals surface area (Å²) in [6, 6.07) is 6.66. The zero-order valence-corrected chi connectivity index (χ0v) is 13.4. The van der Waals surface area contributed by atoms with Crippen molar-refractivity contribution in [1.82, 2.24) is 4.90 Å². The van der Waals surface area contributed by atoms with Crippen molar-refractivity contribution in [2.24, 2.45) is 17.1 Å². The van der Waals surface area contributed by atoms with E-state index >= 15 is 0 Å². The number of imide groups is 1. The lowest BCUT2D eigenvalue weighted by Crippen LogP contribution is -2.40. The van der Waals surface area contributed by atoms with Crippen LogP contribution in [0.3, 0.4) is 0 Å². The van der Waals surface area contributed by atoms with Crippen molar-refractivity contribution in [2.45, 2.75) is 13.8 Å². The molecule has 0 saturated carbocycles. The van der Waals surface area contributed by atoms with Gasteiger partial charge in [-0.2, -0.15) is 0 Å². The van der Waals surface area contributed by atoms with Crippen LogP contribution in [0.4, 0.5) is 0 Å². The number of carbonyl (C=O) groups excluding carboxylic acids is 2. The van der Waals surface area contributed by atoms with Crippen LogP contribution >= 0.6 is 0 Å². The maximum absolute atomic E-state index is 12.4. The van der Waals surface area contributed by atoms with Crippen molar-refractivity contribution in [1.29, 1.82) is 0 Å². The average molecular weight is 326 g/mol. The van der Waals surface area contributed by atoms with Crippen molar-refractivity contribution in [2.75, 3.05) is 6.54 Å². The monoisotopic (exact) mass is 326 g/mol. The largest absolute Gasteiger partial charge is 0.481 e. The molecule has 0 saturated heterocycles. The molecule has 0 bridgehead atoms. The number of hydrogen-bond donors (Lipinski definition) is 2. The third-order valence-electron chi connectivity index (χ3n) is 5.04. The molecule has 124 valence electrons. The van der Waals surface area contributed by atoms with Crippen LogP contribution in [0.5, 0.6) is 0 Å². The lowest BCUT2D eigenvalue weighted by molar-refractivity contribution is -0.147. The predicted molar refractivity (Wildman–Crippen MR) is 87.1 cm³/mol. The minimum absolute atomic E-state index is 0.0364. The fourth-order valence-corrected chi connectivity index (χ4v) is 3.07. The quantitative estimate of drug-likeness (QED) is 0.825. The zero-order valence-electron chi connectivity index (χ0n) is 13.4. The Kier molecular flexibility index (Phi) is 3.55. The van der Waals surface area contributed by atoms with Gasteiger partial charge in [0.05, 0.1) is 23.1 Å². The molecule has 3 N–H and O–H groups in total. The summed E-state index contributed by atoms with van der Waals surface area (Å²) in [6.07, 6.45) is 3.18. The first-order valence-electron chi connectivity index (χ1n) is 7.63. The molecule has 1 aliphatic carbocycles. The Labute approximate surface area is 139 Å². The van der Waals surface area contributed by atoms with E-state index in [1.807, 2.05) is 0 Å². The van der Waals surface area contributed by atoms with E-state index in [0.717, 1.165) is 4.90 Å². The van der Waals surface area contributed by atoms with E-state index in [-0.39, 0.29) is 18.4 Å². The number of allylic oxidation sites excluding steroid dienone is 1. The maximum atomic E-state index is 12.4. The summed E-state index contributed by atoms with van der Waals surface area (Å²) in [7, 11) is 0. The van der Waals surface area contributed by atoms with Gasteiger partial charge >= 0.3 is 5.97 Å². The van der Waals surface area contributed by atoms with Gasteiger partial charge < -0.3 is 10.8 Å². The summed E-state index contributed by atoms with van der Waals surface area (Å²) in [6.45, 7) is 3.37. The summed E-state index contributed by atoms with van der Waals surface area (Å²) in [4.78, 5) is 37.5. The molecule has 1 heterocycles. The molecule has 1 aromatic rings. The van der Waals surface area contributed by atoms with Gasteiger partial charge in [-0.1, -0.05) is 31.2 Å². The van der Waals surface area contributed by atoms with Crippen LogP contribution in [0.1, 0.15) is 34.6 Å². The van der Waals surface area contributed by atoms with Crippen molar-refractivity contribution in [3.05, 3.63) is 58.8 Å². The Balaban J connectivity index is 1.90. The fourth-order valence-electron chi connectivity index (χ4n) is 3.07. The molecular formula is C18H18N2O4. The highest BCUT2D eigenvalue weighted by molar-refractivity contribution is 6.21. The van der Waals surface area contributed by atoms with E-state index < -0.39 is 17.3 Å². The number of nitrogens with two attached hydrogens (primary N) is 1. The molecule has 2 atom stereocenters. The highest BCUT2D eigenvalue weighted by atomic mass is 16.4. The molecule has 2 aliphatic rings. The number of aliphatic carboxylic acids is 1. The second-order valence-electron chi connectivity index (χ2n) is 6.37. The van der Waals surface area contributed by atoms with Crippen LogP contribution < -0.4 is 5.73 Å². The van der Waals surface area contributed by atoms with Gasteiger partial charge in [0.1, 0.15) is 0 Å².